The lowest BCUT2D eigenvalue weighted by molar-refractivity contribution is -0.119. The van der Waals surface area contributed by atoms with E-state index in [1.54, 1.807) is 0 Å². The van der Waals surface area contributed by atoms with Gasteiger partial charge in [0, 0.05) is 44.6 Å². The number of nitrogens with one attached hydrogen (secondary N) is 1. The number of piperidine rings is 1. The maximum absolute atomic E-state index is 11.2. The van der Waals surface area contributed by atoms with Crippen LogP contribution in [0, 0.1) is 5.92 Å². The Morgan fingerprint density at radius 1 is 1.29 bits per heavy atom. The normalized spacial score (nSPS) is 17.7. The number of nitrogens with zero attached hydrogens (tertiary/aromatic N) is 2. The van der Waals surface area contributed by atoms with Crippen LogP contribution in [0.2, 0.25) is 0 Å². The zero-order valence-electron chi connectivity index (χ0n) is 16.6. The van der Waals surface area contributed by atoms with Crippen LogP contribution >= 0.6 is 11.8 Å². The zero-order valence-corrected chi connectivity index (χ0v) is 17.4. The SMILES string of the molecule is CN=C(NCCSCc1cccc2ccccc12)N1CCCC(CC(N)=O)C1. The van der Waals surface area contributed by atoms with Gasteiger partial charge in [0.1, 0.15) is 0 Å². The molecule has 1 saturated heterocycles. The molecule has 3 rings (SSSR count). The van der Waals surface area contributed by atoms with E-state index in [1.165, 1.54) is 16.3 Å². The second-order valence-electron chi connectivity index (χ2n) is 7.29. The largest absolute Gasteiger partial charge is 0.370 e. The van der Waals surface area contributed by atoms with Crippen LogP contribution in [0.4, 0.5) is 0 Å². The van der Waals surface area contributed by atoms with Crippen LogP contribution in [0.1, 0.15) is 24.8 Å². The van der Waals surface area contributed by atoms with Crippen LogP contribution < -0.4 is 11.1 Å². The van der Waals surface area contributed by atoms with Crippen molar-refractivity contribution in [2.45, 2.75) is 25.0 Å². The van der Waals surface area contributed by atoms with E-state index in [2.05, 4.69) is 57.7 Å². The van der Waals surface area contributed by atoms with E-state index in [-0.39, 0.29) is 5.91 Å². The van der Waals surface area contributed by atoms with Gasteiger partial charge in [0.05, 0.1) is 0 Å². The predicted molar refractivity (Wildman–Crippen MR) is 120 cm³/mol. The first-order valence-corrected chi connectivity index (χ1v) is 11.1. The van der Waals surface area contributed by atoms with E-state index in [4.69, 9.17) is 5.73 Å². The smallest absolute Gasteiger partial charge is 0.217 e. The number of amides is 1. The summed E-state index contributed by atoms with van der Waals surface area (Å²) in [6, 6.07) is 15.1. The van der Waals surface area contributed by atoms with E-state index < -0.39 is 0 Å². The molecule has 1 fully saturated rings. The summed E-state index contributed by atoms with van der Waals surface area (Å²) in [5.74, 6) is 3.08. The van der Waals surface area contributed by atoms with Gasteiger partial charge in [-0.15, -0.1) is 0 Å². The summed E-state index contributed by atoms with van der Waals surface area (Å²) >= 11 is 1.93. The molecule has 150 valence electrons. The first kappa shape index (κ1) is 20.5. The minimum Gasteiger partial charge on any atom is -0.370 e. The highest BCUT2D eigenvalue weighted by Crippen LogP contribution is 2.22. The molecule has 0 spiro atoms. The predicted octanol–water partition coefficient (Wildman–Crippen LogP) is 3.24. The van der Waals surface area contributed by atoms with Crippen molar-refractivity contribution in [3.8, 4) is 0 Å². The van der Waals surface area contributed by atoms with Gasteiger partial charge < -0.3 is 16.0 Å². The highest BCUT2D eigenvalue weighted by atomic mass is 32.2. The fourth-order valence-electron chi connectivity index (χ4n) is 3.88. The van der Waals surface area contributed by atoms with Crippen molar-refractivity contribution < 1.29 is 4.79 Å². The molecule has 1 heterocycles. The van der Waals surface area contributed by atoms with Crippen molar-refractivity contribution in [3.05, 3.63) is 48.0 Å². The topological polar surface area (TPSA) is 70.7 Å². The van der Waals surface area contributed by atoms with Crippen molar-refractivity contribution in [2.24, 2.45) is 16.6 Å². The number of likely N-dealkylation sites (tertiary alicyclic amines) is 1. The molecule has 1 amide bonds. The molecule has 2 aromatic carbocycles. The average molecular weight is 399 g/mol. The van der Waals surface area contributed by atoms with Gasteiger partial charge in [0.2, 0.25) is 5.91 Å². The van der Waals surface area contributed by atoms with E-state index in [0.717, 1.165) is 49.9 Å². The summed E-state index contributed by atoms with van der Waals surface area (Å²) in [4.78, 5) is 17.9. The standard InChI is InChI=1S/C22H30N4OS/c1-24-22(26-12-5-6-17(15-26)14-21(23)27)25-11-13-28-16-19-9-4-8-18-7-2-3-10-20(18)19/h2-4,7-10,17H,5-6,11-16H2,1H3,(H2,23,27)(H,24,25). The Hall–Kier alpha value is -2.21. The van der Waals surface area contributed by atoms with Crippen LogP contribution in [0.25, 0.3) is 10.8 Å². The number of rotatable bonds is 7. The minimum atomic E-state index is -0.209. The minimum absolute atomic E-state index is 0.209. The van der Waals surface area contributed by atoms with Gasteiger partial charge in [0.25, 0.3) is 0 Å². The Bertz CT molecular complexity index is 818. The van der Waals surface area contributed by atoms with E-state index >= 15 is 0 Å². The molecule has 2 aromatic rings. The third-order valence-corrected chi connectivity index (χ3v) is 6.20. The number of primary amides is 1. The molecule has 0 aromatic heterocycles. The van der Waals surface area contributed by atoms with Crippen molar-refractivity contribution >= 4 is 34.4 Å². The maximum atomic E-state index is 11.2. The van der Waals surface area contributed by atoms with Crippen LogP contribution in [-0.4, -0.2) is 49.2 Å². The number of carbonyl (C=O) groups excluding carboxylic acids is 1. The van der Waals surface area contributed by atoms with Crippen molar-refractivity contribution in [2.75, 3.05) is 32.4 Å². The first-order chi connectivity index (χ1) is 13.7. The monoisotopic (exact) mass is 398 g/mol. The number of hydrogen-bond donors (Lipinski definition) is 2. The lowest BCUT2D eigenvalue weighted by atomic mass is 9.95. The molecule has 28 heavy (non-hydrogen) atoms. The number of benzene rings is 2. The van der Waals surface area contributed by atoms with Crippen LogP contribution in [0.3, 0.4) is 0 Å². The third-order valence-electron chi connectivity index (χ3n) is 5.19. The van der Waals surface area contributed by atoms with Crippen LogP contribution in [0.15, 0.2) is 47.5 Å². The molecule has 1 unspecified atom stereocenters. The lowest BCUT2D eigenvalue weighted by Gasteiger charge is -2.34. The second kappa shape index (κ2) is 10.4. The summed E-state index contributed by atoms with van der Waals surface area (Å²) < 4.78 is 0. The number of guanidine groups is 1. The maximum Gasteiger partial charge on any atom is 0.217 e. The Labute approximate surface area is 171 Å². The molecule has 1 aliphatic rings. The molecule has 0 bridgehead atoms. The molecule has 0 saturated carbocycles. The summed E-state index contributed by atoms with van der Waals surface area (Å²) in [5.41, 5.74) is 6.75. The van der Waals surface area contributed by atoms with Gasteiger partial charge in [-0.3, -0.25) is 9.79 Å². The van der Waals surface area contributed by atoms with Gasteiger partial charge in [-0.05, 0) is 35.1 Å². The Kier molecular flexibility index (Phi) is 7.60. The van der Waals surface area contributed by atoms with Crippen LogP contribution in [0.5, 0.6) is 0 Å². The molecule has 5 nitrogen and oxygen atoms in total. The van der Waals surface area contributed by atoms with E-state index in [1.807, 2.05) is 18.8 Å². The summed E-state index contributed by atoms with van der Waals surface area (Å²) in [5, 5.41) is 6.12. The highest BCUT2D eigenvalue weighted by molar-refractivity contribution is 7.98. The first-order valence-electron chi connectivity index (χ1n) is 9.95. The summed E-state index contributed by atoms with van der Waals surface area (Å²) in [7, 11) is 1.82. The molecule has 0 radical (unpaired) electrons. The number of fused-ring (bicyclic) bond motifs is 1. The van der Waals surface area contributed by atoms with Gasteiger partial charge >= 0.3 is 0 Å². The molecular formula is C22H30N4OS. The molecule has 6 heteroatoms. The van der Waals surface area contributed by atoms with Crippen molar-refractivity contribution in [3.63, 3.8) is 0 Å². The fourth-order valence-corrected chi connectivity index (χ4v) is 4.74. The van der Waals surface area contributed by atoms with E-state index in [9.17, 15) is 4.79 Å². The van der Waals surface area contributed by atoms with Crippen LogP contribution in [-0.2, 0) is 10.5 Å². The number of carbonyl (C=O) groups is 1. The lowest BCUT2D eigenvalue weighted by Crippen LogP contribution is -2.47. The summed E-state index contributed by atoms with van der Waals surface area (Å²) in [6.07, 6.45) is 2.61. The highest BCUT2D eigenvalue weighted by Gasteiger charge is 2.23. The molecule has 3 N–H and O–H groups in total. The van der Waals surface area contributed by atoms with E-state index in [0.29, 0.717) is 12.3 Å². The van der Waals surface area contributed by atoms with Crippen molar-refractivity contribution in [1.29, 1.82) is 0 Å². The average Bonchev–Trinajstić information content (AvgIpc) is 2.70. The third kappa shape index (κ3) is 5.64. The zero-order chi connectivity index (χ0) is 19.8. The fraction of sp³-hybridized carbons (Fsp3) is 0.455. The Morgan fingerprint density at radius 2 is 2.11 bits per heavy atom. The van der Waals surface area contributed by atoms with Gasteiger partial charge in [-0.25, -0.2) is 0 Å². The number of thioether (sulfide) groups is 1. The van der Waals surface area contributed by atoms with Gasteiger partial charge in [0.15, 0.2) is 5.96 Å². The quantitative estimate of drug-likeness (QED) is 0.427. The van der Waals surface area contributed by atoms with Gasteiger partial charge in [-0.1, -0.05) is 42.5 Å². The number of aliphatic imine (C=N–C) groups is 1. The second-order valence-corrected chi connectivity index (χ2v) is 8.39. The summed E-state index contributed by atoms with van der Waals surface area (Å²) in [6.45, 7) is 2.71. The Balaban J connectivity index is 1.44. The molecular weight excluding hydrogens is 368 g/mol. The molecule has 1 atom stereocenters. The molecule has 0 aliphatic carbocycles. The van der Waals surface area contributed by atoms with Crippen molar-refractivity contribution in [1.82, 2.24) is 10.2 Å². The molecule has 1 aliphatic heterocycles. The Morgan fingerprint density at radius 3 is 2.93 bits per heavy atom. The number of hydrogen-bond acceptors (Lipinski definition) is 3. The number of nitrogens with two attached hydrogens (primary N) is 1. The van der Waals surface area contributed by atoms with Gasteiger partial charge in [-0.2, -0.15) is 11.8 Å².